The fraction of sp³-hybridized carbons (Fsp3) is 0.136. The molecule has 1 aliphatic heterocycles. The lowest BCUT2D eigenvalue weighted by Crippen LogP contribution is -2.25. The van der Waals surface area contributed by atoms with Gasteiger partial charge in [-0.05, 0) is 48.9 Å². The van der Waals surface area contributed by atoms with Gasteiger partial charge in [0, 0.05) is 18.3 Å². The Hall–Kier alpha value is -3.39. The molecule has 0 saturated carbocycles. The molecule has 3 aromatic rings. The van der Waals surface area contributed by atoms with Crippen molar-refractivity contribution in [3.05, 3.63) is 83.2 Å². The third kappa shape index (κ3) is 3.86. The Bertz CT molecular complexity index is 1260. The lowest BCUT2D eigenvalue weighted by Gasteiger charge is -2.17. The predicted octanol–water partition coefficient (Wildman–Crippen LogP) is 4.46. The molecule has 1 heterocycles. The van der Waals surface area contributed by atoms with E-state index in [0.717, 1.165) is 5.56 Å². The summed E-state index contributed by atoms with van der Waals surface area (Å²) in [5.41, 5.74) is 2.07. The van der Waals surface area contributed by atoms with E-state index in [1.54, 1.807) is 19.2 Å². The number of nitrogens with one attached hydrogen (secondary N) is 1. The number of benzene rings is 3. The average molecular weight is 426 g/mol. The molecule has 154 valence electrons. The van der Waals surface area contributed by atoms with Crippen LogP contribution in [-0.2, 0) is 15.8 Å². The van der Waals surface area contributed by atoms with Crippen LogP contribution in [0.3, 0.4) is 0 Å². The monoisotopic (exact) mass is 426 g/mol. The first-order valence-corrected chi connectivity index (χ1v) is 10.8. The second-order valence-electron chi connectivity index (χ2n) is 7.10. The first-order chi connectivity index (χ1) is 14.2. The van der Waals surface area contributed by atoms with Crippen LogP contribution in [0.2, 0.25) is 0 Å². The van der Waals surface area contributed by atoms with Crippen molar-refractivity contribution in [2.24, 2.45) is 0 Å². The minimum atomic E-state index is -3.89. The highest BCUT2D eigenvalue weighted by atomic mass is 32.2. The maximum atomic E-state index is 13.8. The molecule has 0 spiro atoms. The number of fused-ring (bicyclic) bond motifs is 2. The molecule has 1 aliphatic rings. The highest BCUT2D eigenvalue weighted by Gasteiger charge is 2.26. The number of sulfonamides is 1. The third-order valence-corrected chi connectivity index (χ3v) is 6.02. The van der Waals surface area contributed by atoms with Crippen LogP contribution in [0, 0.1) is 12.7 Å². The Morgan fingerprint density at radius 2 is 1.77 bits per heavy atom. The van der Waals surface area contributed by atoms with E-state index in [-0.39, 0.29) is 22.7 Å². The Labute approximate surface area is 174 Å². The normalized spacial score (nSPS) is 13.2. The summed E-state index contributed by atoms with van der Waals surface area (Å²) in [7, 11) is -2.26. The van der Waals surface area contributed by atoms with Crippen LogP contribution in [0.4, 0.5) is 15.8 Å². The molecule has 8 heteroatoms. The van der Waals surface area contributed by atoms with E-state index >= 15 is 0 Å². The maximum absolute atomic E-state index is 13.8. The quantitative estimate of drug-likeness (QED) is 0.668. The number of amides is 1. The second kappa shape index (κ2) is 7.46. The number of ether oxygens (including phenoxy) is 1. The topological polar surface area (TPSA) is 75.7 Å². The molecular formula is C22H19FN2O4S. The molecule has 4 rings (SSSR count). The van der Waals surface area contributed by atoms with Crippen molar-refractivity contribution in [2.45, 2.75) is 12.7 Å². The standard InChI is InChI=1S/C22H19FN2O4S/c1-14-7-9-21-19(11-14)25(2)22(26)17-12-16(8-10-20(17)29-21)24-30(27,28)13-15-5-3-4-6-18(15)23/h3-12,24H,13H2,1-2H3. The summed E-state index contributed by atoms with van der Waals surface area (Å²) in [6.07, 6.45) is 0. The van der Waals surface area contributed by atoms with Crippen LogP contribution in [0.1, 0.15) is 21.5 Å². The van der Waals surface area contributed by atoms with Gasteiger partial charge in [0.05, 0.1) is 17.0 Å². The van der Waals surface area contributed by atoms with Crippen LogP contribution < -0.4 is 14.4 Å². The van der Waals surface area contributed by atoms with Crippen LogP contribution in [0.25, 0.3) is 0 Å². The Balaban J connectivity index is 1.64. The van der Waals surface area contributed by atoms with Crippen molar-refractivity contribution >= 4 is 27.3 Å². The molecule has 0 saturated heterocycles. The number of aryl methyl sites for hydroxylation is 1. The summed E-state index contributed by atoms with van der Waals surface area (Å²) >= 11 is 0. The molecule has 0 aliphatic carbocycles. The number of nitrogens with zero attached hydrogens (tertiary/aromatic N) is 1. The largest absolute Gasteiger partial charge is 0.454 e. The summed E-state index contributed by atoms with van der Waals surface area (Å²) in [5, 5.41) is 0. The summed E-state index contributed by atoms with van der Waals surface area (Å²) in [6.45, 7) is 1.92. The van der Waals surface area contributed by atoms with Gasteiger partial charge in [0.15, 0.2) is 5.75 Å². The zero-order valence-corrected chi connectivity index (χ0v) is 17.2. The molecule has 1 N–H and O–H groups in total. The third-order valence-electron chi connectivity index (χ3n) is 4.79. The zero-order chi connectivity index (χ0) is 21.5. The maximum Gasteiger partial charge on any atom is 0.261 e. The summed E-state index contributed by atoms with van der Waals surface area (Å²) in [5.74, 6) is -0.589. The Morgan fingerprint density at radius 1 is 1.03 bits per heavy atom. The molecule has 0 fully saturated rings. The van der Waals surface area contributed by atoms with Gasteiger partial charge in [0.1, 0.15) is 11.6 Å². The van der Waals surface area contributed by atoms with Crippen LogP contribution >= 0.6 is 0 Å². The predicted molar refractivity (Wildman–Crippen MR) is 113 cm³/mol. The van der Waals surface area contributed by atoms with Gasteiger partial charge in [0.2, 0.25) is 10.0 Å². The van der Waals surface area contributed by atoms with E-state index < -0.39 is 21.6 Å². The molecular weight excluding hydrogens is 407 g/mol. The molecule has 0 atom stereocenters. The molecule has 1 amide bonds. The van der Waals surface area contributed by atoms with Crippen LogP contribution in [-0.4, -0.2) is 21.4 Å². The summed E-state index contributed by atoms with van der Waals surface area (Å²) < 4.78 is 47.2. The van der Waals surface area contributed by atoms with Crippen molar-refractivity contribution in [1.29, 1.82) is 0 Å². The lowest BCUT2D eigenvalue weighted by atomic mass is 10.1. The van der Waals surface area contributed by atoms with Crippen molar-refractivity contribution in [3.63, 3.8) is 0 Å². The minimum absolute atomic E-state index is 0.0599. The molecule has 30 heavy (non-hydrogen) atoms. The number of carbonyl (C=O) groups excluding carboxylic acids is 1. The fourth-order valence-corrected chi connectivity index (χ4v) is 4.47. The van der Waals surface area contributed by atoms with Crippen molar-refractivity contribution in [2.75, 3.05) is 16.7 Å². The molecule has 0 unspecified atom stereocenters. The average Bonchev–Trinajstić information content (AvgIpc) is 2.79. The highest BCUT2D eigenvalue weighted by molar-refractivity contribution is 7.91. The molecule has 3 aromatic carbocycles. The molecule has 0 radical (unpaired) electrons. The van der Waals surface area contributed by atoms with Crippen molar-refractivity contribution in [3.8, 4) is 11.5 Å². The van der Waals surface area contributed by atoms with Gasteiger partial charge in [-0.3, -0.25) is 9.52 Å². The van der Waals surface area contributed by atoms with Gasteiger partial charge >= 0.3 is 0 Å². The van der Waals surface area contributed by atoms with Gasteiger partial charge in [-0.1, -0.05) is 24.3 Å². The van der Waals surface area contributed by atoms with E-state index in [0.29, 0.717) is 17.2 Å². The fourth-order valence-electron chi connectivity index (χ4n) is 3.27. The van der Waals surface area contributed by atoms with Crippen molar-refractivity contribution < 1.29 is 22.3 Å². The zero-order valence-electron chi connectivity index (χ0n) is 16.3. The Kier molecular flexibility index (Phi) is 4.95. The minimum Gasteiger partial charge on any atom is -0.454 e. The van der Waals surface area contributed by atoms with Crippen LogP contribution in [0.5, 0.6) is 11.5 Å². The number of hydrogen-bond donors (Lipinski definition) is 1. The van der Waals surface area contributed by atoms with Gasteiger partial charge in [0.25, 0.3) is 5.91 Å². The number of carbonyl (C=O) groups is 1. The summed E-state index contributed by atoms with van der Waals surface area (Å²) in [4.78, 5) is 14.4. The van der Waals surface area contributed by atoms with E-state index in [1.807, 2.05) is 19.1 Å². The summed E-state index contributed by atoms with van der Waals surface area (Å²) in [6, 6.07) is 15.7. The first kappa shape index (κ1) is 19.9. The number of anilines is 2. The molecule has 0 aromatic heterocycles. The molecule has 6 nitrogen and oxygen atoms in total. The highest BCUT2D eigenvalue weighted by Crippen LogP contribution is 2.39. The lowest BCUT2D eigenvalue weighted by molar-refractivity contribution is 0.0993. The van der Waals surface area contributed by atoms with Gasteiger partial charge in [-0.2, -0.15) is 0 Å². The smallest absolute Gasteiger partial charge is 0.261 e. The van der Waals surface area contributed by atoms with Crippen LogP contribution in [0.15, 0.2) is 60.7 Å². The number of hydrogen-bond acceptors (Lipinski definition) is 4. The van der Waals surface area contributed by atoms with Gasteiger partial charge in [-0.25, -0.2) is 12.8 Å². The van der Waals surface area contributed by atoms with Gasteiger partial charge < -0.3 is 9.64 Å². The SMILES string of the molecule is Cc1ccc2c(c1)N(C)C(=O)c1cc(NS(=O)(=O)Cc3ccccc3F)ccc1O2. The van der Waals surface area contributed by atoms with Crippen molar-refractivity contribution in [1.82, 2.24) is 0 Å². The number of rotatable bonds is 4. The van der Waals surface area contributed by atoms with E-state index in [4.69, 9.17) is 4.74 Å². The van der Waals surface area contributed by atoms with E-state index in [1.165, 1.54) is 41.3 Å². The van der Waals surface area contributed by atoms with E-state index in [9.17, 15) is 17.6 Å². The molecule has 0 bridgehead atoms. The number of halogens is 1. The van der Waals surface area contributed by atoms with E-state index in [2.05, 4.69) is 4.72 Å². The first-order valence-electron chi connectivity index (χ1n) is 9.18. The second-order valence-corrected chi connectivity index (χ2v) is 8.82. The Morgan fingerprint density at radius 3 is 2.53 bits per heavy atom. The van der Waals surface area contributed by atoms with Gasteiger partial charge in [-0.15, -0.1) is 0 Å².